The minimum absolute atomic E-state index is 0.0325. The van der Waals surface area contributed by atoms with E-state index in [2.05, 4.69) is 30.2 Å². The first-order chi connectivity index (χ1) is 13.7. The molecule has 146 valence electrons. The van der Waals surface area contributed by atoms with Gasteiger partial charge in [-0.05, 0) is 12.8 Å². The van der Waals surface area contributed by atoms with Crippen LogP contribution in [0.5, 0.6) is 11.5 Å². The number of fused-ring (bicyclic) bond motifs is 1. The van der Waals surface area contributed by atoms with Gasteiger partial charge < -0.3 is 24.7 Å². The number of nitrogens with one attached hydrogen (secondary N) is 2. The van der Waals surface area contributed by atoms with E-state index in [1.165, 1.54) is 6.33 Å². The molecule has 28 heavy (non-hydrogen) atoms. The third kappa shape index (κ3) is 3.55. The number of hydrogen-bond donors (Lipinski definition) is 2. The van der Waals surface area contributed by atoms with E-state index in [4.69, 9.17) is 9.47 Å². The summed E-state index contributed by atoms with van der Waals surface area (Å²) in [6, 6.07) is 5.32. The molecule has 9 nitrogen and oxygen atoms in total. The summed E-state index contributed by atoms with van der Waals surface area (Å²) in [6.45, 7) is 1.42. The fourth-order valence-electron chi connectivity index (χ4n) is 3.50. The summed E-state index contributed by atoms with van der Waals surface area (Å²) in [4.78, 5) is 30.8. The van der Waals surface area contributed by atoms with Gasteiger partial charge >= 0.3 is 0 Å². The van der Waals surface area contributed by atoms with Crippen molar-refractivity contribution in [3.05, 3.63) is 30.9 Å². The Bertz CT molecular complexity index is 966. The number of aromatic amines is 1. The van der Waals surface area contributed by atoms with Gasteiger partial charge in [0.1, 0.15) is 23.3 Å². The fraction of sp³-hybridized carbons (Fsp3) is 0.368. The molecule has 1 atom stereocenters. The van der Waals surface area contributed by atoms with E-state index in [0.717, 1.165) is 30.7 Å². The van der Waals surface area contributed by atoms with E-state index >= 15 is 0 Å². The maximum absolute atomic E-state index is 12.9. The molecule has 1 saturated heterocycles. The zero-order valence-corrected chi connectivity index (χ0v) is 15.8. The molecule has 0 aliphatic carbocycles. The first-order valence-electron chi connectivity index (χ1n) is 9.11. The molecule has 4 rings (SSSR count). The number of imidazole rings is 1. The number of piperidine rings is 1. The lowest BCUT2D eigenvalue weighted by Crippen LogP contribution is -2.41. The van der Waals surface area contributed by atoms with Crippen LogP contribution in [0, 0.1) is 5.92 Å². The van der Waals surface area contributed by atoms with Crippen LogP contribution in [0.25, 0.3) is 11.2 Å². The number of carbonyl (C=O) groups excluding carboxylic acids is 1. The first-order valence-corrected chi connectivity index (χ1v) is 9.11. The lowest BCUT2D eigenvalue weighted by molar-refractivity contribution is -0.120. The number of hydrogen-bond acceptors (Lipinski definition) is 7. The third-order valence-electron chi connectivity index (χ3n) is 4.91. The van der Waals surface area contributed by atoms with Crippen molar-refractivity contribution in [1.29, 1.82) is 0 Å². The molecule has 3 aromatic rings. The van der Waals surface area contributed by atoms with E-state index in [0.29, 0.717) is 29.4 Å². The van der Waals surface area contributed by atoms with Gasteiger partial charge in [0.2, 0.25) is 5.91 Å². The number of methoxy groups -OCH3 is 2. The Morgan fingerprint density at radius 2 is 1.96 bits per heavy atom. The number of rotatable bonds is 5. The second-order valence-corrected chi connectivity index (χ2v) is 6.67. The molecule has 0 radical (unpaired) electrons. The molecule has 0 bridgehead atoms. The molecule has 0 unspecified atom stereocenters. The molecule has 0 spiro atoms. The van der Waals surface area contributed by atoms with Gasteiger partial charge in [0, 0.05) is 37.0 Å². The molecular formula is C19H22N6O3. The quantitative estimate of drug-likeness (QED) is 0.697. The van der Waals surface area contributed by atoms with E-state index in [-0.39, 0.29) is 11.8 Å². The summed E-state index contributed by atoms with van der Waals surface area (Å²) in [7, 11) is 3.16. The van der Waals surface area contributed by atoms with Gasteiger partial charge in [-0.1, -0.05) is 0 Å². The van der Waals surface area contributed by atoms with Gasteiger partial charge in [-0.25, -0.2) is 15.0 Å². The largest absolute Gasteiger partial charge is 0.497 e. The third-order valence-corrected chi connectivity index (χ3v) is 4.91. The predicted molar refractivity (Wildman–Crippen MR) is 105 cm³/mol. The van der Waals surface area contributed by atoms with Crippen LogP contribution in [-0.2, 0) is 4.79 Å². The number of H-pyrrole nitrogens is 1. The highest BCUT2D eigenvalue weighted by atomic mass is 16.5. The van der Waals surface area contributed by atoms with Crippen LogP contribution in [0.3, 0.4) is 0 Å². The lowest BCUT2D eigenvalue weighted by Gasteiger charge is -2.32. The number of benzene rings is 1. The number of nitrogens with zero attached hydrogens (tertiary/aromatic N) is 4. The fourth-order valence-corrected chi connectivity index (χ4v) is 3.50. The molecule has 9 heteroatoms. The van der Waals surface area contributed by atoms with E-state index in [9.17, 15) is 4.79 Å². The van der Waals surface area contributed by atoms with Gasteiger partial charge in [-0.15, -0.1) is 0 Å². The zero-order chi connectivity index (χ0) is 19.5. The molecule has 1 amide bonds. The van der Waals surface area contributed by atoms with Crippen molar-refractivity contribution in [2.45, 2.75) is 12.8 Å². The van der Waals surface area contributed by atoms with Crippen molar-refractivity contribution < 1.29 is 14.3 Å². The van der Waals surface area contributed by atoms with Gasteiger partial charge in [0.15, 0.2) is 11.5 Å². The highest BCUT2D eigenvalue weighted by molar-refractivity contribution is 5.93. The maximum Gasteiger partial charge on any atom is 0.229 e. The monoisotopic (exact) mass is 382 g/mol. The number of carbonyl (C=O) groups is 1. The first kappa shape index (κ1) is 18.0. The maximum atomic E-state index is 12.9. The molecule has 1 aromatic carbocycles. The van der Waals surface area contributed by atoms with Crippen LogP contribution in [0.15, 0.2) is 30.9 Å². The molecule has 1 aliphatic rings. The van der Waals surface area contributed by atoms with Crippen LogP contribution in [0.1, 0.15) is 12.8 Å². The number of ether oxygens (including phenoxy) is 2. The van der Waals surface area contributed by atoms with Gasteiger partial charge in [-0.3, -0.25) is 4.79 Å². The van der Waals surface area contributed by atoms with Gasteiger partial charge in [0.25, 0.3) is 0 Å². The predicted octanol–water partition coefficient (Wildman–Crippen LogP) is 2.23. The molecule has 1 fully saturated rings. The molecule has 0 saturated carbocycles. The summed E-state index contributed by atoms with van der Waals surface area (Å²) < 4.78 is 10.5. The Labute approximate surface area is 162 Å². The number of anilines is 2. The highest BCUT2D eigenvalue weighted by Gasteiger charge is 2.28. The van der Waals surface area contributed by atoms with Crippen LogP contribution in [0.4, 0.5) is 11.5 Å². The zero-order valence-electron chi connectivity index (χ0n) is 15.8. The molecule has 2 N–H and O–H groups in total. The Morgan fingerprint density at radius 3 is 2.71 bits per heavy atom. The Kier molecular flexibility index (Phi) is 4.96. The minimum Gasteiger partial charge on any atom is -0.497 e. The molecular weight excluding hydrogens is 360 g/mol. The Morgan fingerprint density at radius 1 is 1.18 bits per heavy atom. The average Bonchev–Trinajstić information content (AvgIpc) is 3.22. The van der Waals surface area contributed by atoms with Crippen molar-refractivity contribution >= 4 is 28.6 Å². The van der Waals surface area contributed by atoms with Crippen molar-refractivity contribution in [3.8, 4) is 11.5 Å². The second-order valence-electron chi connectivity index (χ2n) is 6.67. The van der Waals surface area contributed by atoms with Crippen LogP contribution < -0.4 is 19.7 Å². The number of amides is 1. The van der Waals surface area contributed by atoms with Crippen LogP contribution in [-0.4, -0.2) is 53.2 Å². The molecule has 3 heterocycles. The summed E-state index contributed by atoms with van der Waals surface area (Å²) in [5, 5.41) is 2.99. The van der Waals surface area contributed by atoms with Crippen molar-refractivity contribution in [3.63, 3.8) is 0 Å². The standard InChI is InChI=1S/C19H22N6O3/c1-27-14-6-13(7-15(8-14)28-2)24-19(26)12-4-3-5-25(9-12)18-16-17(21-10-20-16)22-11-23-18/h6-8,10-12H,3-5,9H2,1-2H3,(H,24,26)(H,20,21,22,23)/t12-/m0/s1. The molecule has 1 aliphatic heterocycles. The number of aromatic nitrogens is 4. The molecule has 2 aromatic heterocycles. The highest BCUT2D eigenvalue weighted by Crippen LogP contribution is 2.29. The average molecular weight is 382 g/mol. The van der Waals surface area contributed by atoms with Gasteiger partial charge in [-0.2, -0.15) is 0 Å². The Balaban J connectivity index is 1.50. The Hall–Kier alpha value is -3.36. The second kappa shape index (κ2) is 7.71. The van der Waals surface area contributed by atoms with E-state index < -0.39 is 0 Å². The van der Waals surface area contributed by atoms with E-state index in [1.807, 2.05) is 0 Å². The van der Waals surface area contributed by atoms with Crippen molar-refractivity contribution in [2.75, 3.05) is 37.5 Å². The normalized spacial score (nSPS) is 16.8. The SMILES string of the molecule is COc1cc(NC(=O)[C@H]2CCCN(c3ncnc4nc[nH]c34)C2)cc(OC)c1. The van der Waals surface area contributed by atoms with Crippen molar-refractivity contribution in [1.82, 2.24) is 19.9 Å². The van der Waals surface area contributed by atoms with Gasteiger partial charge in [0.05, 0.1) is 26.5 Å². The summed E-state index contributed by atoms with van der Waals surface area (Å²) in [5.41, 5.74) is 2.07. The van der Waals surface area contributed by atoms with Crippen LogP contribution in [0.2, 0.25) is 0 Å². The van der Waals surface area contributed by atoms with Crippen LogP contribution >= 0.6 is 0 Å². The smallest absolute Gasteiger partial charge is 0.229 e. The summed E-state index contributed by atoms with van der Waals surface area (Å²) in [6.07, 6.45) is 4.83. The van der Waals surface area contributed by atoms with E-state index in [1.54, 1.807) is 38.7 Å². The summed E-state index contributed by atoms with van der Waals surface area (Å²) in [5.74, 6) is 1.85. The lowest BCUT2D eigenvalue weighted by atomic mass is 9.97. The minimum atomic E-state index is -0.154. The summed E-state index contributed by atoms with van der Waals surface area (Å²) >= 11 is 0. The van der Waals surface area contributed by atoms with Crippen molar-refractivity contribution in [2.24, 2.45) is 5.92 Å². The topological polar surface area (TPSA) is 105 Å².